The summed E-state index contributed by atoms with van der Waals surface area (Å²) < 4.78 is 0. The summed E-state index contributed by atoms with van der Waals surface area (Å²) in [5, 5.41) is 4.15. The topological polar surface area (TPSA) is 49.4 Å². The maximum Gasteiger partial charge on any atom is 0.242 e. The molecule has 4 nitrogen and oxygen atoms in total. The van der Waals surface area contributed by atoms with Crippen LogP contribution in [0.3, 0.4) is 0 Å². The van der Waals surface area contributed by atoms with Gasteiger partial charge in [-0.25, -0.2) is 0 Å². The number of carbonyl (C=O) groups is 2. The SMILES string of the molecule is Cc1ccccc1CSCC(=O)N(Cc1ccc(Cl)cc1Cl)[C@@H](C)C(=O)NC1CCCC1. The second-order valence-electron chi connectivity index (χ2n) is 8.34. The highest BCUT2D eigenvalue weighted by molar-refractivity contribution is 7.99. The molecule has 1 fully saturated rings. The Kier molecular flexibility index (Phi) is 9.33. The lowest BCUT2D eigenvalue weighted by molar-refractivity contribution is -0.138. The first kappa shape index (κ1) is 24.9. The van der Waals surface area contributed by atoms with Gasteiger partial charge in [0.25, 0.3) is 0 Å². The minimum absolute atomic E-state index is 0.0799. The van der Waals surface area contributed by atoms with Crippen molar-refractivity contribution in [1.29, 1.82) is 0 Å². The normalized spacial score (nSPS) is 14.9. The van der Waals surface area contributed by atoms with E-state index in [1.54, 1.807) is 35.7 Å². The number of rotatable bonds is 9. The number of nitrogens with one attached hydrogen (secondary N) is 1. The Morgan fingerprint density at radius 1 is 1.12 bits per heavy atom. The lowest BCUT2D eigenvalue weighted by Gasteiger charge is -2.30. The summed E-state index contributed by atoms with van der Waals surface area (Å²) in [4.78, 5) is 27.8. The van der Waals surface area contributed by atoms with E-state index in [9.17, 15) is 9.59 Å². The van der Waals surface area contributed by atoms with Gasteiger partial charge in [-0.05, 0) is 55.5 Å². The van der Waals surface area contributed by atoms with Crippen molar-refractivity contribution in [1.82, 2.24) is 10.2 Å². The molecule has 1 saturated carbocycles. The fourth-order valence-corrected chi connectivity index (χ4v) is 5.37. The first-order chi connectivity index (χ1) is 15.3. The molecule has 0 aromatic heterocycles. The van der Waals surface area contributed by atoms with Gasteiger partial charge in [-0.3, -0.25) is 9.59 Å². The molecule has 0 unspecified atom stereocenters. The maximum atomic E-state index is 13.2. The van der Waals surface area contributed by atoms with Crippen LogP contribution in [-0.2, 0) is 21.9 Å². The molecule has 0 heterocycles. The summed E-state index contributed by atoms with van der Waals surface area (Å²) in [6.45, 7) is 4.12. The van der Waals surface area contributed by atoms with Crippen molar-refractivity contribution in [2.24, 2.45) is 0 Å². The maximum absolute atomic E-state index is 13.2. The number of nitrogens with zero attached hydrogens (tertiary/aromatic N) is 1. The van der Waals surface area contributed by atoms with Crippen LogP contribution >= 0.6 is 35.0 Å². The first-order valence-electron chi connectivity index (χ1n) is 11.0. The third-order valence-corrected chi connectivity index (χ3v) is 7.52. The second-order valence-corrected chi connectivity index (χ2v) is 10.2. The number of aryl methyl sites for hydroxylation is 1. The van der Waals surface area contributed by atoms with E-state index in [-0.39, 0.29) is 24.4 Å². The average Bonchev–Trinajstić information content (AvgIpc) is 3.27. The Labute approximate surface area is 205 Å². The van der Waals surface area contributed by atoms with Crippen LogP contribution < -0.4 is 5.32 Å². The Hall–Kier alpha value is -1.69. The molecule has 0 spiro atoms. The zero-order chi connectivity index (χ0) is 23.1. The largest absolute Gasteiger partial charge is 0.352 e. The summed E-state index contributed by atoms with van der Waals surface area (Å²) in [6.07, 6.45) is 4.28. The molecular weight excluding hydrogens is 463 g/mol. The second kappa shape index (κ2) is 12.0. The molecule has 2 aromatic rings. The van der Waals surface area contributed by atoms with Crippen LogP contribution in [0.4, 0.5) is 0 Å². The van der Waals surface area contributed by atoms with Gasteiger partial charge in [-0.15, -0.1) is 11.8 Å². The molecule has 1 aliphatic carbocycles. The predicted octanol–water partition coefficient (Wildman–Crippen LogP) is 6.01. The zero-order valence-corrected chi connectivity index (χ0v) is 20.9. The van der Waals surface area contributed by atoms with Crippen molar-refractivity contribution in [2.45, 2.75) is 63.9 Å². The van der Waals surface area contributed by atoms with Crippen molar-refractivity contribution in [3.63, 3.8) is 0 Å². The molecule has 0 saturated heterocycles. The smallest absolute Gasteiger partial charge is 0.242 e. The summed E-state index contributed by atoms with van der Waals surface area (Å²) in [7, 11) is 0. The number of amides is 2. The lowest BCUT2D eigenvalue weighted by Crippen LogP contribution is -2.50. The van der Waals surface area contributed by atoms with Crippen LogP contribution in [-0.4, -0.2) is 34.6 Å². The van der Waals surface area contributed by atoms with Gasteiger partial charge in [0.1, 0.15) is 6.04 Å². The van der Waals surface area contributed by atoms with Gasteiger partial charge >= 0.3 is 0 Å². The highest BCUT2D eigenvalue weighted by Gasteiger charge is 2.28. The molecule has 0 aliphatic heterocycles. The minimum Gasteiger partial charge on any atom is -0.352 e. The minimum atomic E-state index is -0.589. The number of hydrogen-bond acceptors (Lipinski definition) is 3. The third kappa shape index (κ3) is 6.90. The van der Waals surface area contributed by atoms with Gasteiger partial charge in [0.15, 0.2) is 0 Å². The van der Waals surface area contributed by atoms with E-state index in [1.807, 2.05) is 18.2 Å². The number of carbonyl (C=O) groups excluding carboxylic acids is 2. The quantitative estimate of drug-likeness (QED) is 0.466. The summed E-state index contributed by atoms with van der Waals surface area (Å²) >= 11 is 14.0. The van der Waals surface area contributed by atoms with E-state index in [4.69, 9.17) is 23.2 Å². The average molecular weight is 494 g/mol. The van der Waals surface area contributed by atoms with E-state index in [2.05, 4.69) is 24.4 Å². The molecule has 1 aliphatic rings. The van der Waals surface area contributed by atoms with Gasteiger partial charge in [-0.2, -0.15) is 0 Å². The van der Waals surface area contributed by atoms with E-state index >= 15 is 0 Å². The molecule has 1 N–H and O–H groups in total. The lowest BCUT2D eigenvalue weighted by atomic mass is 10.1. The van der Waals surface area contributed by atoms with Crippen LogP contribution in [0, 0.1) is 6.92 Å². The highest BCUT2D eigenvalue weighted by Crippen LogP contribution is 2.25. The summed E-state index contributed by atoms with van der Waals surface area (Å²) in [5.74, 6) is 0.847. The number of benzene rings is 2. The molecule has 2 amide bonds. The Balaban J connectivity index is 1.70. The summed E-state index contributed by atoms with van der Waals surface area (Å²) in [6, 6.07) is 13.0. The summed E-state index contributed by atoms with van der Waals surface area (Å²) in [5.41, 5.74) is 3.19. The number of halogens is 2. The monoisotopic (exact) mass is 492 g/mol. The van der Waals surface area contributed by atoms with Crippen molar-refractivity contribution >= 4 is 46.8 Å². The Bertz CT molecular complexity index is 947. The predicted molar refractivity (Wildman–Crippen MR) is 134 cm³/mol. The molecule has 172 valence electrons. The van der Waals surface area contributed by atoms with Crippen molar-refractivity contribution in [3.05, 3.63) is 69.2 Å². The third-order valence-electron chi connectivity index (χ3n) is 5.97. The fraction of sp³-hybridized carbons (Fsp3) is 0.440. The van der Waals surface area contributed by atoms with E-state index in [1.165, 1.54) is 11.1 Å². The van der Waals surface area contributed by atoms with Gasteiger partial charge in [-0.1, -0.05) is 66.4 Å². The molecule has 1 atom stereocenters. The highest BCUT2D eigenvalue weighted by atomic mass is 35.5. The first-order valence-corrected chi connectivity index (χ1v) is 12.9. The van der Waals surface area contributed by atoms with Gasteiger partial charge in [0.2, 0.25) is 11.8 Å². The molecule has 7 heteroatoms. The van der Waals surface area contributed by atoms with E-state index < -0.39 is 6.04 Å². The standard InChI is InChI=1S/C25H30Cl2N2O2S/c1-17-7-3-4-8-20(17)15-32-16-24(30)29(14-19-11-12-21(26)13-23(19)27)18(2)25(31)28-22-9-5-6-10-22/h3-4,7-8,11-13,18,22H,5-6,9-10,14-16H2,1-2H3,(H,28,31)/t18-/m0/s1. The van der Waals surface area contributed by atoms with E-state index in [0.29, 0.717) is 15.8 Å². The molecule has 0 radical (unpaired) electrons. The molecule has 0 bridgehead atoms. The Morgan fingerprint density at radius 3 is 2.53 bits per heavy atom. The Morgan fingerprint density at radius 2 is 1.84 bits per heavy atom. The molecule has 3 rings (SSSR count). The van der Waals surface area contributed by atoms with Crippen LogP contribution in [0.5, 0.6) is 0 Å². The molecule has 2 aromatic carbocycles. The van der Waals surface area contributed by atoms with Crippen LogP contribution in [0.15, 0.2) is 42.5 Å². The van der Waals surface area contributed by atoms with Crippen molar-refractivity contribution in [3.8, 4) is 0 Å². The number of hydrogen-bond donors (Lipinski definition) is 1. The van der Waals surface area contributed by atoms with Crippen molar-refractivity contribution in [2.75, 3.05) is 5.75 Å². The van der Waals surface area contributed by atoms with Crippen LogP contribution in [0.1, 0.15) is 49.3 Å². The van der Waals surface area contributed by atoms with Crippen LogP contribution in [0.25, 0.3) is 0 Å². The van der Waals surface area contributed by atoms with Gasteiger partial charge in [0.05, 0.1) is 5.75 Å². The zero-order valence-electron chi connectivity index (χ0n) is 18.6. The fourth-order valence-electron chi connectivity index (χ4n) is 3.91. The van der Waals surface area contributed by atoms with Crippen LogP contribution in [0.2, 0.25) is 10.0 Å². The van der Waals surface area contributed by atoms with Crippen molar-refractivity contribution < 1.29 is 9.59 Å². The molecular formula is C25H30Cl2N2O2S. The van der Waals surface area contributed by atoms with E-state index in [0.717, 1.165) is 37.0 Å². The van der Waals surface area contributed by atoms with Gasteiger partial charge < -0.3 is 10.2 Å². The van der Waals surface area contributed by atoms with Gasteiger partial charge in [0, 0.05) is 28.4 Å². The molecule has 32 heavy (non-hydrogen) atoms. The number of thioether (sulfide) groups is 1.